The Morgan fingerprint density at radius 1 is 1.06 bits per heavy atom. The average Bonchev–Trinajstić information content (AvgIpc) is 3.26. The maximum atomic E-state index is 12.9. The smallest absolute Gasteiger partial charge is 0.379 e. The fourth-order valence-electron chi connectivity index (χ4n) is 3.24. The van der Waals surface area contributed by atoms with Gasteiger partial charge in [0, 0.05) is 18.0 Å². The number of benzene rings is 2. The summed E-state index contributed by atoms with van der Waals surface area (Å²) in [6.07, 6.45) is -4.36. The Kier molecular flexibility index (Phi) is 8.04. The van der Waals surface area contributed by atoms with E-state index in [1.807, 2.05) is 31.4 Å². The van der Waals surface area contributed by atoms with E-state index in [2.05, 4.69) is 0 Å². The minimum atomic E-state index is -4.67. The molecule has 0 unspecified atom stereocenters. The maximum Gasteiger partial charge on any atom is 0.416 e. The highest BCUT2D eigenvalue weighted by Gasteiger charge is 2.32. The third kappa shape index (κ3) is 7.07. The predicted octanol–water partition coefficient (Wildman–Crippen LogP) is 5.76. The molecule has 2 aromatic carbocycles. The van der Waals surface area contributed by atoms with Crippen molar-refractivity contribution in [3.05, 3.63) is 82.0 Å². The molecule has 0 saturated carbocycles. The molecular formula is C24H24F3NO4S2. The summed E-state index contributed by atoms with van der Waals surface area (Å²) in [5.74, 6) is 0.206. The third-order valence-corrected chi connectivity index (χ3v) is 6.92. The van der Waals surface area contributed by atoms with Crippen molar-refractivity contribution >= 4 is 27.4 Å². The maximum absolute atomic E-state index is 12.9. The first-order valence-corrected chi connectivity index (χ1v) is 12.7. The highest BCUT2D eigenvalue weighted by molar-refractivity contribution is 7.87. The van der Waals surface area contributed by atoms with Crippen molar-refractivity contribution in [2.45, 2.75) is 37.9 Å². The topological polar surface area (TPSA) is 63.7 Å². The summed E-state index contributed by atoms with van der Waals surface area (Å²) in [5, 5.41) is 1.92. The number of thiophene rings is 1. The van der Waals surface area contributed by atoms with Crippen molar-refractivity contribution in [1.82, 2.24) is 4.90 Å². The molecule has 1 heterocycles. The second-order valence-corrected chi connectivity index (χ2v) is 10.7. The Balaban J connectivity index is 1.71. The molecule has 0 bridgehead atoms. The third-order valence-electron chi connectivity index (χ3n) is 4.80. The van der Waals surface area contributed by atoms with E-state index in [1.54, 1.807) is 17.0 Å². The van der Waals surface area contributed by atoms with Crippen LogP contribution in [0.2, 0.25) is 0 Å². The minimum Gasteiger partial charge on any atom is -0.379 e. The number of alkyl halides is 3. The van der Waals surface area contributed by atoms with Crippen LogP contribution >= 0.6 is 11.3 Å². The lowest BCUT2D eigenvalue weighted by Gasteiger charge is -2.25. The second kappa shape index (κ2) is 10.6. The average molecular weight is 512 g/mol. The molecule has 0 spiro atoms. The van der Waals surface area contributed by atoms with Crippen LogP contribution in [-0.4, -0.2) is 25.8 Å². The van der Waals surface area contributed by atoms with E-state index < -0.39 is 26.8 Å². The number of carbonyl (C=O) groups excluding carboxylic acids is 1. The standard InChI is InChI=1S/C24H24F3NO4S2/c1-17(2)15-28(23(29)14-21-6-4-12-33-21)16-18-8-10-20(11-9-18)32-34(30,31)22-7-3-5-19(13-22)24(25,26)27/h3-13,17H,14-16H2,1-2H3. The van der Waals surface area contributed by atoms with Crippen molar-refractivity contribution in [3.8, 4) is 5.75 Å². The van der Waals surface area contributed by atoms with Crippen LogP contribution in [0.4, 0.5) is 13.2 Å². The fraction of sp³-hybridized carbons (Fsp3) is 0.292. The molecule has 0 atom stereocenters. The molecule has 1 aromatic heterocycles. The molecule has 1 amide bonds. The lowest BCUT2D eigenvalue weighted by atomic mass is 10.1. The van der Waals surface area contributed by atoms with Gasteiger partial charge in [0.1, 0.15) is 10.6 Å². The van der Waals surface area contributed by atoms with Gasteiger partial charge >= 0.3 is 16.3 Å². The molecule has 0 saturated heterocycles. The van der Waals surface area contributed by atoms with Gasteiger partial charge in [-0.25, -0.2) is 0 Å². The summed E-state index contributed by atoms with van der Waals surface area (Å²) in [7, 11) is -4.45. The second-order valence-electron chi connectivity index (χ2n) is 8.13. The molecular weight excluding hydrogens is 487 g/mol. The molecule has 3 rings (SSSR count). The van der Waals surface area contributed by atoms with Crippen LogP contribution in [0.1, 0.15) is 29.9 Å². The van der Waals surface area contributed by atoms with Gasteiger partial charge in [-0.1, -0.05) is 38.1 Å². The van der Waals surface area contributed by atoms with Crippen LogP contribution in [0.15, 0.2) is 70.9 Å². The molecule has 34 heavy (non-hydrogen) atoms. The van der Waals surface area contributed by atoms with Gasteiger partial charge < -0.3 is 9.08 Å². The predicted molar refractivity (Wildman–Crippen MR) is 124 cm³/mol. The Labute approximate surface area is 200 Å². The van der Waals surface area contributed by atoms with Crippen LogP contribution < -0.4 is 4.18 Å². The molecule has 3 aromatic rings. The van der Waals surface area contributed by atoms with Gasteiger partial charge in [-0.05, 0) is 53.3 Å². The van der Waals surface area contributed by atoms with E-state index >= 15 is 0 Å². The molecule has 0 N–H and O–H groups in total. The lowest BCUT2D eigenvalue weighted by Crippen LogP contribution is -2.34. The molecule has 0 aliphatic rings. The van der Waals surface area contributed by atoms with Gasteiger partial charge in [0.05, 0.1) is 12.0 Å². The molecule has 0 radical (unpaired) electrons. The number of rotatable bonds is 9. The van der Waals surface area contributed by atoms with Crippen molar-refractivity contribution < 1.29 is 30.6 Å². The first-order chi connectivity index (χ1) is 15.9. The van der Waals surface area contributed by atoms with Gasteiger partial charge in [0.15, 0.2) is 0 Å². The Bertz CT molecular complexity index is 1210. The van der Waals surface area contributed by atoms with E-state index in [0.29, 0.717) is 25.6 Å². The van der Waals surface area contributed by atoms with E-state index in [1.165, 1.54) is 23.5 Å². The summed E-state index contributed by atoms with van der Waals surface area (Å²) in [4.78, 5) is 14.9. The first-order valence-electron chi connectivity index (χ1n) is 10.4. The highest BCUT2D eigenvalue weighted by atomic mass is 32.2. The zero-order valence-corrected chi connectivity index (χ0v) is 20.2. The molecule has 182 valence electrons. The number of hydrogen-bond donors (Lipinski definition) is 0. The van der Waals surface area contributed by atoms with Crippen molar-refractivity contribution in [2.24, 2.45) is 5.92 Å². The number of amides is 1. The zero-order chi connectivity index (χ0) is 24.9. The summed E-state index contributed by atoms with van der Waals surface area (Å²) >= 11 is 1.52. The number of nitrogens with zero attached hydrogens (tertiary/aromatic N) is 1. The van der Waals surface area contributed by atoms with Gasteiger partial charge in [-0.2, -0.15) is 21.6 Å². The van der Waals surface area contributed by atoms with Crippen LogP contribution in [0, 0.1) is 5.92 Å². The summed E-state index contributed by atoms with van der Waals surface area (Å²) in [5.41, 5.74) is -0.311. The Morgan fingerprint density at radius 2 is 1.76 bits per heavy atom. The highest BCUT2D eigenvalue weighted by Crippen LogP contribution is 2.31. The zero-order valence-electron chi connectivity index (χ0n) is 18.6. The number of carbonyl (C=O) groups is 1. The van der Waals surface area contributed by atoms with E-state index in [-0.39, 0.29) is 17.6 Å². The van der Waals surface area contributed by atoms with Crippen LogP contribution in [0.3, 0.4) is 0 Å². The summed E-state index contributed by atoms with van der Waals surface area (Å²) in [6, 6.07) is 13.3. The molecule has 10 heteroatoms. The summed E-state index contributed by atoms with van der Waals surface area (Å²) in [6.45, 7) is 4.93. The van der Waals surface area contributed by atoms with Crippen molar-refractivity contribution in [3.63, 3.8) is 0 Å². The van der Waals surface area contributed by atoms with Crippen molar-refractivity contribution in [1.29, 1.82) is 0 Å². The summed E-state index contributed by atoms with van der Waals surface area (Å²) < 4.78 is 68.7. The van der Waals surface area contributed by atoms with Gasteiger partial charge in [-0.3, -0.25) is 4.79 Å². The normalized spacial score (nSPS) is 12.1. The van der Waals surface area contributed by atoms with Gasteiger partial charge in [-0.15, -0.1) is 11.3 Å². The number of halogens is 3. The molecule has 0 fully saturated rings. The first kappa shape index (κ1) is 25.8. The van der Waals surface area contributed by atoms with E-state index in [0.717, 1.165) is 28.6 Å². The Hall–Kier alpha value is -2.85. The molecule has 0 aliphatic carbocycles. The van der Waals surface area contributed by atoms with E-state index in [4.69, 9.17) is 4.18 Å². The van der Waals surface area contributed by atoms with Gasteiger partial charge in [0.25, 0.3) is 0 Å². The van der Waals surface area contributed by atoms with Crippen LogP contribution in [-0.2, 0) is 34.1 Å². The van der Waals surface area contributed by atoms with Crippen LogP contribution in [0.25, 0.3) is 0 Å². The molecule has 0 aliphatic heterocycles. The van der Waals surface area contributed by atoms with Crippen molar-refractivity contribution in [2.75, 3.05) is 6.54 Å². The van der Waals surface area contributed by atoms with Gasteiger partial charge in [0.2, 0.25) is 5.91 Å². The monoisotopic (exact) mass is 511 g/mol. The lowest BCUT2D eigenvalue weighted by molar-refractivity contribution is -0.137. The molecule has 5 nitrogen and oxygen atoms in total. The minimum absolute atomic E-state index is 0.0106. The SMILES string of the molecule is CC(C)CN(Cc1ccc(OS(=O)(=O)c2cccc(C(F)(F)F)c2)cc1)C(=O)Cc1cccs1. The number of hydrogen-bond acceptors (Lipinski definition) is 5. The Morgan fingerprint density at radius 3 is 2.35 bits per heavy atom. The quantitative estimate of drug-likeness (QED) is 0.343. The largest absolute Gasteiger partial charge is 0.416 e. The van der Waals surface area contributed by atoms with E-state index in [9.17, 15) is 26.4 Å². The fourth-order valence-corrected chi connectivity index (χ4v) is 4.92. The van der Waals surface area contributed by atoms with Crippen LogP contribution in [0.5, 0.6) is 5.75 Å².